The number of rotatable bonds is 3. The molecule has 122 valence electrons. The average Bonchev–Trinajstić information content (AvgIpc) is 3.04. The van der Waals surface area contributed by atoms with Gasteiger partial charge in [-0.3, -0.25) is 15.0 Å². The summed E-state index contributed by atoms with van der Waals surface area (Å²) in [5, 5.41) is 7.44. The van der Waals surface area contributed by atoms with Gasteiger partial charge in [-0.2, -0.15) is 5.10 Å². The lowest BCUT2D eigenvalue weighted by Gasteiger charge is -2.50. The van der Waals surface area contributed by atoms with Crippen LogP contribution in [0.1, 0.15) is 28.8 Å². The highest BCUT2D eigenvalue weighted by Crippen LogP contribution is 2.48. The number of likely N-dealkylation sites (tertiary alicyclic amines) is 2. The number of hydrogen-bond acceptors (Lipinski definition) is 5. The Hall–Kier alpha value is -1.79. The molecular weight excluding hydrogens is 288 g/mol. The molecule has 4 rings (SSSR count). The van der Waals surface area contributed by atoms with Crippen LogP contribution in [0.3, 0.4) is 0 Å². The number of aryl methyl sites for hydroxylation is 2. The molecule has 1 spiro atoms. The molecule has 2 aromatic heterocycles. The molecule has 1 atom stereocenters. The van der Waals surface area contributed by atoms with Gasteiger partial charge in [-0.15, -0.1) is 0 Å². The van der Waals surface area contributed by atoms with Gasteiger partial charge in [0.15, 0.2) is 5.82 Å². The number of hydrogen-bond donors (Lipinski definition) is 1. The predicted molar refractivity (Wildman–Crippen MR) is 88.0 cm³/mol. The maximum atomic E-state index is 4.61. The van der Waals surface area contributed by atoms with Crippen molar-refractivity contribution in [2.75, 3.05) is 33.2 Å². The lowest BCUT2D eigenvalue weighted by Crippen LogP contribution is -2.59. The number of aromatic nitrogens is 4. The zero-order valence-electron chi connectivity index (χ0n) is 14.1. The highest BCUT2D eigenvalue weighted by atomic mass is 15.3. The van der Waals surface area contributed by atoms with E-state index in [2.05, 4.69) is 50.0 Å². The normalized spacial score (nSPS) is 24.2. The topological polar surface area (TPSA) is 60.9 Å². The molecule has 2 aliphatic heterocycles. The first kappa shape index (κ1) is 14.8. The molecule has 1 N–H and O–H groups in total. The fraction of sp³-hybridized carbons (Fsp3) is 0.588. The SMILES string of the molecule is Cc1nc(C2CN(C)CC23CN(Cc2cccnc2C)C3)n[nH]1. The Morgan fingerprint density at radius 3 is 2.83 bits per heavy atom. The number of nitrogens with zero attached hydrogens (tertiary/aromatic N) is 5. The van der Waals surface area contributed by atoms with Crippen molar-refractivity contribution in [3.05, 3.63) is 41.2 Å². The van der Waals surface area contributed by atoms with Gasteiger partial charge in [0, 0.05) is 55.9 Å². The molecule has 2 aliphatic rings. The predicted octanol–water partition coefficient (Wildman–Crippen LogP) is 1.35. The second-order valence-corrected chi connectivity index (χ2v) is 7.28. The van der Waals surface area contributed by atoms with E-state index in [1.165, 1.54) is 5.56 Å². The third-order valence-electron chi connectivity index (χ3n) is 5.33. The van der Waals surface area contributed by atoms with Crippen LogP contribution in [-0.2, 0) is 6.54 Å². The van der Waals surface area contributed by atoms with E-state index < -0.39 is 0 Å². The van der Waals surface area contributed by atoms with Crippen LogP contribution in [0.25, 0.3) is 0 Å². The standard InChI is InChI=1S/C17H24N6/c1-12-14(5-4-6-18-12)7-23-10-17(11-23)9-22(3)8-15(17)16-19-13(2)20-21-16/h4-6,15H,7-11H2,1-3H3,(H,19,20,21). The number of likely N-dealkylation sites (N-methyl/N-ethyl adjacent to an activating group) is 1. The van der Waals surface area contributed by atoms with Gasteiger partial charge in [-0.1, -0.05) is 6.07 Å². The Labute approximate surface area is 136 Å². The smallest absolute Gasteiger partial charge is 0.155 e. The van der Waals surface area contributed by atoms with E-state index in [0.29, 0.717) is 11.3 Å². The van der Waals surface area contributed by atoms with Crippen molar-refractivity contribution in [1.29, 1.82) is 0 Å². The van der Waals surface area contributed by atoms with Crippen LogP contribution < -0.4 is 0 Å². The molecule has 0 saturated carbocycles. The van der Waals surface area contributed by atoms with Crippen molar-refractivity contribution < 1.29 is 0 Å². The lowest BCUT2D eigenvalue weighted by atomic mass is 9.71. The zero-order chi connectivity index (χ0) is 16.0. The Balaban J connectivity index is 1.48. The molecule has 4 heterocycles. The molecule has 6 nitrogen and oxygen atoms in total. The molecule has 1 unspecified atom stereocenters. The van der Waals surface area contributed by atoms with E-state index in [4.69, 9.17) is 0 Å². The molecule has 23 heavy (non-hydrogen) atoms. The van der Waals surface area contributed by atoms with Crippen molar-refractivity contribution in [2.24, 2.45) is 5.41 Å². The monoisotopic (exact) mass is 312 g/mol. The minimum atomic E-state index is 0.305. The van der Waals surface area contributed by atoms with E-state index in [1.54, 1.807) is 0 Å². The minimum Gasteiger partial charge on any atom is -0.305 e. The molecular formula is C17H24N6. The number of aromatic amines is 1. The van der Waals surface area contributed by atoms with Crippen LogP contribution in [0, 0.1) is 19.3 Å². The van der Waals surface area contributed by atoms with Crippen molar-refractivity contribution >= 4 is 0 Å². The molecule has 2 fully saturated rings. The second kappa shape index (κ2) is 5.39. The zero-order valence-corrected chi connectivity index (χ0v) is 14.1. The van der Waals surface area contributed by atoms with E-state index in [0.717, 1.165) is 50.1 Å². The average molecular weight is 312 g/mol. The summed E-state index contributed by atoms with van der Waals surface area (Å²) >= 11 is 0. The van der Waals surface area contributed by atoms with Crippen LogP contribution in [-0.4, -0.2) is 63.2 Å². The first-order valence-corrected chi connectivity index (χ1v) is 8.26. The van der Waals surface area contributed by atoms with E-state index in [-0.39, 0.29) is 0 Å². The van der Waals surface area contributed by atoms with Crippen LogP contribution in [0.15, 0.2) is 18.3 Å². The molecule has 0 aliphatic carbocycles. The van der Waals surface area contributed by atoms with Gasteiger partial charge >= 0.3 is 0 Å². The summed E-state index contributed by atoms with van der Waals surface area (Å²) in [4.78, 5) is 13.9. The van der Waals surface area contributed by atoms with E-state index in [1.807, 2.05) is 19.2 Å². The number of pyridine rings is 1. The molecule has 0 amide bonds. The third-order valence-corrected chi connectivity index (χ3v) is 5.33. The first-order valence-electron chi connectivity index (χ1n) is 8.26. The second-order valence-electron chi connectivity index (χ2n) is 7.28. The van der Waals surface area contributed by atoms with Crippen LogP contribution in [0.4, 0.5) is 0 Å². The Bertz CT molecular complexity index is 703. The van der Waals surface area contributed by atoms with Crippen molar-refractivity contribution in [3.8, 4) is 0 Å². The van der Waals surface area contributed by atoms with Crippen LogP contribution >= 0.6 is 0 Å². The van der Waals surface area contributed by atoms with Gasteiger partial charge in [0.25, 0.3) is 0 Å². The molecule has 2 aromatic rings. The van der Waals surface area contributed by atoms with Gasteiger partial charge in [-0.25, -0.2) is 4.98 Å². The maximum absolute atomic E-state index is 4.61. The summed E-state index contributed by atoms with van der Waals surface area (Å²) in [6.45, 7) is 9.47. The van der Waals surface area contributed by atoms with Gasteiger partial charge in [0.2, 0.25) is 0 Å². The number of H-pyrrole nitrogens is 1. The summed E-state index contributed by atoms with van der Waals surface area (Å²) in [5.74, 6) is 2.33. The van der Waals surface area contributed by atoms with Gasteiger partial charge in [0.1, 0.15) is 5.82 Å². The maximum Gasteiger partial charge on any atom is 0.155 e. The molecule has 0 bridgehead atoms. The van der Waals surface area contributed by atoms with E-state index in [9.17, 15) is 0 Å². The van der Waals surface area contributed by atoms with Crippen LogP contribution in [0.2, 0.25) is 0 Å². The first-order chi connectivity index (χ1) is 11.1. The van der Waals surface area contributed by atoms with Gasteiger partial charge in [-0.05, 0) is 32.5 Å². The summed E-state index contributed by atoms with van der Waals surface area (Å²) in [5.41, 5.74) is 2.77. The summed E-state index contributed by atoms with van der Waals surface area (Å²) in [7, 11) is 2.20. The third kappa shape index (κ3) is 2.56. The summed E-state index contributed by atoms with van der Waals surface area (Å²) in [6.07, 6.45) is 1.87. The van der Waals surface area contributed by atoms with Gasteiger partial charge in [0.05, 0.1) is 0 Å². The number of nitrogens with one attached hydrogen (secondary N) is 1. The van der Waals surface area contributed by atoms with Gasteiger partial charge < -0.3 is 4.90 Å². The minimum absolute atomic E-state index is 0.305. The molecule has 0 aromatic carbocycles. The molecule has 6 heteroatoms. The fourth-order valence-electron chi connectivity index (χ4n) is 4.29. The fourth-order valence-corrected chi connectivity index (χ4v) is 4.29. The lowest BCUT2D eigenvalue weighted by molar-refractivity contribution is -0.00960. The summed E-state index contributed by atoms with van der Waals surface area (Å²) < 4.78 is 0. The Morgan fingerprint density at radius 1 is 1.30 bits per heavy atom. The Morgan fingerprint density at radius 2 is 2.13 bits per heavy atom. The van der Waals surface area contributed by atoms with Crippen molar-refractivity contribution in [1.82, 2.24) is 30.0 Å². The van der Waals surface area contributed by atoms with E-state index >= 15 is 0 Å². The summed E-state index contributed by atoms with van der Waals surface area (Å²) in [6, 6.07) is 4.21. The van der Waals surface area contributed by atoms with Crippen LogP contribution in [0.5, 0.6) is 0 Å². The molecule has 2 saturated heterocycles. The largest absolute Gasteiger partial charge is 0.305 e. The van der Waals surface area contributed by atoms with Crippen molar-refractivity contribution in [2.45, 2.75) is 26.3 Å². The highest BCUT2D eigenvalue weighted by molar-refractivity contribution is 5.21. The Kier molecular flexibility index (Phi) is 3.46. The van der Waals surface area contributed by atoms with Crippen molar-refractivity contribution in [3.63, 3.8) is 0 Å². The highest BCUT2D eigenvalue weighted by Gasteiger charge is 2.54. The quantitative estimate of drug-likeness (QED) is 0.927. The molecule has 0 radical (unpaired) electrons.